The Hall–Kier alpha value is -4.65. The molecule has 0 fully saturated rings. The first-order chi connectivity index (χ1) is 16.6. The summed E-state index contributed by atoms with van der Waals surface area (Å²) in [5.41, 5.74) is 11.5. The predicted octanol–water partition coefficient (Wildman–Crippen LogP) is 5.30. The number of para-hydroxylation sites is 1. The van der Waals surface area contributed by atoms with Crippen LogP contribution in [0.25, 0.3) is 33.3 Å². The van der Waals surface area contributed by atoms with Crippen molar-refractivity contribution >= 4 is 22.6 Å². The monoisotopic (exact) mass is 449 g/mol. The predicted molar refractivity (Wildman–Crippen MR) is 133 cm³/mol. The van der Waals surface area contributed by atoms with Crippen molar-refractivity contribution in [3.05, 3.63) is 90.6 Å². The summed E-state index contributed by atoms with van der Waals surface area (Å²) in [6.45, 7) is 1.95. The van der Waals surface area contributed by atoms with Gasteiger partial charge in [0.15, 0.2) is 5.82 Å². The Morgan fingerprint density at radius 2 is 1.74 bits per heavy atom. The maximum Gasteiger partial charge on any atom is 0.217 e. The first kappa shape index (κ1) is 21.2. The lowest BCUT2D eigenvalue weighted by Gasteiger charge is -2.10. The van der Waals surface area contributed by atoms with Crippen LogP contribution in [0.1, 0.15) is 12.5 Å². The second-order valence-electron chi connectivity index (χ2n) is 7.93. The molecule has 0 saturated carbocycles. The molecular weight excluding hydrogens is 426 g/mol. The zero-order valence-corrected chi connectivity index (χ0v) is 18.6. The summed E-state index contributed by atoms with van der Waals surface area (Å²) >= 11 is 0. The fraction of sp³-hybridized carbons (Fsp3) is 0.0741. The van der Waals surface area contributed by atoms with Gasteiger partial charge in [-0.15, -0.1) is 0 Å². The van der Waals surface area contributed by atoms with Crippen LogP contribution >= 0.6 is 0 Å². The molecule has 0 aliphatic heterocycles. The van der Waals surface area contributed by atoms with Gasteiger partial charge in [0, 0.05) is 30.8 Å². The van der Waals surface area contributed by atoms with E-state index in [-0.39, 0.29) is 5.91 Å². The minimum absolute atomic E-state index is 0.0724. The Labute approximate surface area is 196 Å². The Kier molecular flexibility index (Phi) is 5.66. The van der Waals surface area contributed by atoms with Crippen LogP contribution in [0.3, 0.4) is 0 Å². The van der Waals surface area contributed by atoms with Gasteiger partial charge in [-0.25, -0.2) is 0 Å². The minimum Gasteiger partial charge on any atom is -0.457 e. The molecule has 0 radical (unpaired) electrons. The molecule has 3 aromatic carbocycles. The molecule has 7 nitrogen and oxygen atoms in total. The van der Waals surface area contributed by atoms with E-state index in [1.54, 1.807) is 0 Å². The lowest BCUT2D eigenvalue weighted by molar-refractivity contribution is -0.119. The van der Waals surface area contributed by atoms with Crippen LogP contribution in [0.15, 0.2) is 85.1 Å². The lowest BCUT2D eigenvalue weighted by Crippen LogP contribution is -2.18. The van der Waals surface area contributed by atoms with Gasteiger partial charge in [-0.05, 0) is 41.5 Å². The van der Waals surface area contributed by atoms with Crippen molar-refractivity contribution in [1.82, 2.24) is 20.5 Å². The number of aromatic nitrogens is 3. The van der Waals surface area contributed by atoms with Gasteiger partial charge in [-0.2, -0.15) is 5.10 Å². The average Bonchev–Trinajstić information content (AvgIpc) is 3.25. The number of ether oxygens (including phenoxy) is 1. The first-order valence-electron chi connectivity index (χ1n) is 10.9. The van der Waals surface area contributed by atoms with Crippen molar-refractivity contribution in [1.29, 1.82) is 0 Å². The molecule has 7 heteroatoms. The average molecular weight is 450 g/mol. The second kappa shape index (κ2) is 9.07. The molecule has 168 valence electrons. The quantitative estimate of drug-likeness (QED) is 0.326. The van der Waals surface area contributed by atoms with Crippen LogP contribution in [0.2, 0.25) is 0 Å². The molecule has 0 spiro atoms. The minimum atomic E-state index is -0.0724. The number of aromatic amines is 1. The highest BCUT2D eigenvalue weighted by atomic mass is 16.5. The van der Waals surface area contributed by atoms with Gasteiger partial charge in [-0.1, -0.05) is 48.5 Å². The molecule has 5 rings (SSSR count). The molecule has 0 aliphatic rings. The van der Waals surface area contributed by atoms with E-state index < -0.39 is 0 Å². The zero-order chi connectivity index (χ0) is 23.5. The topological polar surface area (TPSA) is 106 Å². The third kappa shape index (κ3) is 4.31. The molecule has 5 aromatic rings. The molecule has 0 saturated heterocycles. The number of H-pyrrole nitrogens is 1. The SMILES string of the molecule is CC(=O)NCc1cccc(-c2ncc(-c3ccc(Oc4ccccc4)cc3)c3c(N)n[nH]c23)c1. The lowest BCUT2D eigenvalue weighted by atomic mass is 10.00. The van der Waals surface area contributed by atoms with E-state index in [0.717, 1.165) is 50.3 Å². The summed E-state index contributed by atoms with van der Waals surface area (Å²) in [6.07, 6.45) is 1.82. The van der Waals surface area contributed by atoms with Crippen LogP contribution in [0.4, 0.5) is 5.82 Å². The van der Waals surface area contributed by atoms with Crippen LogP contribution in [-0.4, -0.2) is 21.1 Å². The zero-order valence-electron chi connectivity index (χ0n) is 18.6. The van der Waals surface area contributed by atoms with Gasteiger partial charge in [0.2, 0.25) is 5.91 Å². The summed E-state index contributed by atoms with van der Waals surface area (Å²) in [5.74, 6) is 1.86. The van der Waals surface area contributed by atoms with Crippen molar-refractivity contribution in [2.75, 3.05) is 5.73 Å². The summed E-state index contributed by atoms with van der Waals surface area (Å²) in [6, 6.07) is 25.3. The maximum atomic E-state index is 11.3. The number of hydrogen-bond acceptors (Lipinski definition) is 5. The number of fused-ring (bicyclic) bond motifs is 1. The van der Waals surface area contributed by atoms with Gasteiger partial charge < -0.3 is 15.8 Å². The van der Waals surface area contributed by atoms with E-state index in [9.17, 15) is 4.79 Å². The van der Waals surface area contributed by atoms with Gasteiger partial charge in [0.25, 0.3) is 0 Å². The highest BCUT2D eigenvalue weighted by molar-refractivity contribution is 6.06. The van der Waals surface area contributed by atoms with Gasteiger partial charge >= 0.3 is 0 Å². The number of rotatable bonds is 6. The van der Waals surface area contributed by atoms with Crippen LogP contribution < -0.4 is 15.8 Å². The Balaban J connectivity index is 1.49. The van der Waals surface area contributed by atoms with E-state index in [4.69, 9.17) is 15.5 Å². The molecule has 0 aliphatic carbocycles. The van der Waals surface area contributed by atoms with E-state index in [1.165, 1.54) is 6.92 Å². The Bertz CT molecular complexity index is 1460. The van der Waals surface area contributed by atoms with Crippen LogP contribution in [0.5, 0.6) is 11.5 Å². The highest BCUT2D eigenvalue weighted by Crippen LogP contribution is 2.36. The van der Waals surface area contributed by atoms with Crippen molar-refractivity contribution < 1.29 is 9.53 Å². The number of amides is 1. The highest BCUT2D eigenvalue weighted by Gasteiger charge is 2.16. The molecule has 0 atom stereocenters. The number of benzene rings is 3. The van der Waals surface area contributed by atoms with Crippen LogP contribution in [0, 0.1) is 0 Å². The normalized spacial score (nSPS) is 10.9. The van der Waals surface area contributed by atoms with Gasteiger partial charge in [-0.3, -0.25) is 14.9 Å². The third-order valence-corrected chi connectivity index (χ3v) is 5.51. The number of nitrogens with zero attached hydrogens (tertiary/aromatic N) is 2. The number of pyridine rings is 1. The van der Waals surface area contributed by atoms with E-state index in [1.807, 2.05) is 85.1 Å². The number of hydrogen-bond donors (Lipinski definition) is 3. The first-order valence-corrected chi connectivity index (χ1v) is 10.9. The number of nitrogens with two attached hydrogens (primary N) is 1. The fourth-order valence-electron chi connectivity index (χ4n) is 3.88. The number of anilines is 1. The molecule has 0 unspecified atom stereocenters. The van der Waals surface area contributed by atoms with Crippen LogP contribution in [-0.2, 0) is 11.3 Å². The molecule has 0 bridgehead atoms. The number of carbonyl (C=O) groups is 1. The van der Waals surface area contributed by atoms with Crippen molar-refractivity contribution in [2.24, 2.45) is 0 Å². The van der Waals surface area contributed by atoms with Gasteiger partial charge in [0.05, 0.1) is 16.6 Å². The smallest absolute Gasteiger partial charge is 0.217 e. The summed E-state index contributed by atoms with van der Waals surface area (Å²) < 4.78 is 5.90. The van der Waals surface area contributed by atoms with E-state index in [2.05, 4.69) is 15.5 Å². The van der Waals surface area contributed by atoms with Crippen molar-refractivity contribution in [3.63, 3.8) is 0 Å². The summed E-state index contributed by atoms with van der Waals surface area (Å²) in [7, 11) is 0. The standard InChI is InChI=1S/C27H23N5O2/c1-17(33)29-15-18-6-5-7-20(14-18)25-26-24(27(28)32-31-26)23(16-30-25)19-10-12-22(13-11-19)34-21-8-3-2-4-9-21/h2-14,16H,15H2,1H3,(H,29,33)(H3,28,31,32). The molecule has 4 N–H and O–H groups in total. The van der Waals surface area contributed by atoms with E-state index in [0.29, 0.717) is 12.4 Å². The molecule has 1 amide bonds. The van der Waals surface area contributed by atoms with Gasteiger partial charge in [0.1, 0.15) is 11.5 Å². The third-order valence-electron chi connectivity index (χ3n) is 5.51. The van der Waals surface area contributed by atoms with E-state index >= 15 is 0 Å². The second-order valence-corrected chi connectivity index (χ2v) is 7.93. The maximum absolute atomic E-state index is 11.3. The number of carbonyl (C=O) groups excluding carboxylic acids is 1. The Morgan fingerprint density at radius 3 is 2.50 bits per heavy atom. The van der Waals surface area contributed by atoms with Crippen molar-refractivity contribution in [2.45, 2.75) is 13.5 Å². The summed E-state index contributed by atoms with van der Waals surface area (Å²) in [5, 5.41) is 10.9. The summed E-state index contributed by atoms with van der Waals surface area (Å²) in [4.78, 5) is 16.0. The Morgan fingerprint density at radius 1 is 0.971 bits per heavy atom. The molecular formula is C27H23N5O2. The molecule has 34 heavy (non-hydrogen) atoms. The number of nitrogens with one attached hydrogen (secondary N) is 2. The number of nitrogen functional groups attached to an aromatic ring is 1. The largest absolute Gasteiger partial charge is 0.457 e. The van der Waals surface area contributed by atoms with Crippen molar-refractivity contribution in [3.8, 4) is 33.9 Å². The molecule has 2 aromatic heterocycles. The fourth-order valence-corrected chi connectivity index (χ4v) is 3.88. The molecule has 2 heterocycles.